The van der Waals surface area contributed by atoms with E-state index in [-0.39, 0.29) is 0 Å². The Labute approximate surface area is 61.1 Å². The van der Waals surface area contributed by atoms with E-state index in [0.29, 0.717) is 18.8 Å². The van der Waals surface area contributed by atoms with Crippen LogP contribution in [-0.4, -0.2) is 24.6 Å². The quantitative estimate of drug-likeness (QED) is 0.426. The molecule has 0 amide bonds. The Morgan fingerprint density at radius 2 is 1.88 bits per heavy atom. The molecule has 0 unspecified atom stereocenters. The van der Waals surface area contributed by atoms with Crippen LogP contribution in [-0.2, 0) is 0 Å². The van der Waals surface area contributed by atoms with Gasteiger partial charge in [0.05, 0.1) is 0 Å². The van der Waals surface area contributed by atoms with Crippen LogP contribution in [0.15, 0.2) is 0 Å². The van der Waals surface area contributed by atoms with Gasteiger partial charge in [-0.05, 0) is 0 Å². The fourth-order valence-corrected chi connectivity index (χ4v) is 1.83. The van der Waals surface area contributed by atoms with E-state index in [1.54, 1.807) is 21.6 Å². The van der Waals surface area contributed by atoms with Gasteiger partial charge in [-0.2, -0.15) is 0 Å². The average Bonchev–Trinajstić information content (AvgIpc) is 1.87. The third-order valence-corrected chi connectivity index (χ3v) is 2.88. The van der Waals surface area contributed by atoms with Gasteiger partial charge in [0.2, 0.25) is 0 Å². The third kappa shape index (κ3) is 6.62. The Kier molecular flexibility index (Phi) is 5.15. The maximum Gasteiger partial charge on any atom is 0.118 e. The molecule has 0 atom stereocenters. The summed E-state index contributed by atoms with van der Waals surface area (Å²) in [4.78, 5) is 0. The zero-order chi connectivity index (χ0) is 7.82. The van der Waals surface area contributed by atoms with Crippen molar-refractivity contribution in [3.05, 3.63) is 0 Å². The van der Waals surface area contributed by atoms with E-state index in [1.807, 2.05) is 0 Å². The van der Waals surface area contributed by atoms with Crippen molar-refractivity contribution in [3.8, 4) is 0 Å². The molecular formula is C4H12N2S2. The minimum absolute atomic E-state index is 0.488. The maximum absolute atomic E-state index is 6.71. The molecule has 4 heteroatoms. The van der Waals surface area contributed by atoms with Crippen molar-refractivity contribution in [2.45, 2.75) is 0 Å². The summed E-state index contributed by atoms with van der Waals surface area (Å²) in [6.45, 7) is 1.19. The van der Waals surface area contributed by atoms with E-state index < -0.39 is 0 Å². The highest BCUT2D eigenvalue weighted by Crippen LogP contribution is 2.18. The molecule has 0 saturated heterocycles. The fraction of sp³-hybridized carbons (Fsp3) is 1.00. The second-order valence-electron chi connectivity index (χ2n) is 1.16. The number of hydrogen-bond donors (Lipinski definition) is 2. The first-order chi connectivity index (χ1) is 4.77. The molecule has 0 bridgehead atoms. The molecule has 2 nitrogen and oxygen atoms in total. The minimum Gasteiger partial charge on any atom is -0.330 e. The average molecular weight is 154 g/mol. The van der Waals surface area contributed by atoms with Crippen molar-refractivity contribution < 1.29 is 2.82 Å². The molecule has 8 heavy (non-hydrogen) atoms. The molecule has 0 radical (unpaired) electrons. The summed E-state index contributed by atoms with van der Waals surface area (Å²) in [6, 6.07) is 0. The van der Waals surface area contributed by atoms with E-state index in [1.165, 1.54) is 0 Å². The molecule has 4 N–H and O–H groups in total. The second-order valence-corrected chi connectivity index (χ2v) is 3.86. The summed E-state index contributed by atoms with van der Waals surface area (Å²) in [5.74, 6) is 1.76. The van der Waals surface area contributed by atoms with Gasteiger partial charge in [-0.15, -0.1) is 0 Å². The van der Waals surface area contributed by atoms with E-state index in [0.717, 1.165) is 11.5 Å². The lowest BCUT2D eigenvalue weighted by Gasteiger charge is -1.93. The SMILES string of the molecule is [2H]N([2H])CCSSCCN. The lowest BCUT2D eigenvalue weighted by Crippen LogP contribution is -2.02. The van der Waals surface area contributed by atoms with Gasteiger partial charge in [0.1, 0.15) is 2.82 Å². The monoisotopic (exact) mass is 154 g/mol. The largest absolute Gasteiger partial charge is 0.330 e. The summed E-state index contributed by atoms with van der Waals surface area (Å²) in [5.41, 5.74) is 5.94. The van der Waals surface area contributed by atoms with Crippen molar-refractivity contribution in [3.63, 3.8) is 0 Å². The fourth-order valence-electron chi connectivity index (χ4n) is 0.203. The van der Waals surface area contributed by atoms with Crippen LogP contribution in [0.5, 0.6) is 0 Å². The Morgan fingerprint density at radius 1 is 1.25 bits per heavy atom. The van der Waals surface area contributed by atoms with Gasteiger partial charge in [-0.25, -0.2) is 0 Å². The Balaban J connectivity index is 2.77. The molecule has 0 heterocycles. The molecule has 0 aliphatic heterocycles. The zero-order valence-corrected chi connectivity index (χ0v) is 6.30. The van der Waals surface area contributed by atoms with Crippen LogP contribution in [0.4, 0.5) is 0 Å². The molecule has 0 aliphatic carbocycles. The van der Waals surface area contributed by atoms with Gasteiger partial charge < -0.3 is 11.5 Å². The molecular weight excluding hydrogens is 140 g/mol. The van der Waals surface area contributed by atoms with E-state index in [4.69, 9.17) is 8.56 Å². The summed E-state index contributed by atoms with van der Waals surface area (Å²) < 4.78 is 13.4. The second kappa shape index (κ2) is 7.62. The van der Waals surface area contributed by atoms with Crippen molar-refractivity contribution in [2.24, 2.45) is 11.5 Å². The van der Waals surface area contributed by atoms with Crippen LogP contribution in [0.25, 0.3) is 0 Å². The predicted molar refractivity (Wildman–Crippen MR) is 43.0 cm³/mol. The third-order valence-electron chi connectivity index (χ3n) is 0.459. The lowest BCUT2D eigenvalue weighted by molar-refractivity contribution is 1.15. The van der Waals surface area contributed by atoms with Crippen LogP contribution in [0.1, 0.15) is 0 Å². The Bertz CT molecular complexity index is 74.3. The highest BCUT2D eigenvalue weighted by molar-refractivity contribution is 8.76. The first-order valence-corrected chi connectivity index (χ1v) is 4.96. The number of hydrogen-bond acceptors (Lipinski definition) is 4. The van der Waals surface area contributed by atoms with Crippen LogP contribution < -0.4 is 11.5 Å². The highest BCUT2D eigenvalue weighted by atomic mass is 33.1. The lowest BCUT2D eigenvalue weighted by atomic mass is 10.8. The van der Waals surface area contributed by atoms with E-state index in [9.17, 15) is 0 Å². The Hall–Kier alpha value is 0.620. The first-order valence-electron chi connectivity index (χ1n) is 3.36. The standard InChI is InChI=1S/C4H12N2S2/c5-1-3-7-8-4-2-6/h1-6H2/i/hD2. The highest BCUT2D eigenvalue weighted by Gasteiger charge is 1.84. The molecule has 0 aliphatic rings. The molecule has 0 spiro atoms. The van der Waals surface area contributed by atoms with Gasteiger partial charge in [-0.1, -0.05) is 21.6 Å². The van der Waals surface area contributed by atoms with Crippen molar-refractivity contribution in [1.82, 2.24) is 0 Å². The van der Waals surface area contributed by atoms with Crippen LogP contribution >= 0.6 is 21.6 Å². The molecule has 0 aromatic rings. The van der Waals surface area contributed by atoms with Gasteiger partial charge in [0.15, 0.2) is 0 Å². The van der Waals surface area contributed by atoms with Gasteiger partial charge in [-0.3, -0.25) is 0 Å². The summed E-state index contributed by atoms with van der Waals surface area (Å²) in [5, 5.41) is 0. The molecule has 0 fully saturated rings. The number of nitrogens with two attached hydrogens (primary N) is 2. The van der Waals surface area contributed by atoms with Crippen LogP contribution in [0.2, 0.25) is 2.82 Å². The van der Waals surface area contributed by atoms with Crippen LogP contribution in [0, 0.1) is 0 Å². The summed E-state index contributed by atoms with van der Waals surface area (Å²) in [6.07, 6.45) is 0. The zero-order valence-electron chi connectivity index (χ0n) is 6.67. The van der Waals surface area contributed by atoms with E-state index in [2.05, 4.69) is 0 Å². The smallest absolute Gasteiger partial charge is 0.118 e. The normalized spacial score (nSPS) is 13.8. The van der Waals surface area contributed by atoms with Gasteiger partial charge in [0, 0.05) is 24.6 Å². The van der Waals surface area contributed by atoms with Gasteiger partial charge >= 0.3 is 0 Å². The summed E-state index contributed by atoms with van der Waals surface area (Å²) >= 11 is 0. The molecule has 0 aromatic carbocycles. The summed E-state index contributed by atoms with van der Waals surface area (Å²) in [7, 11) is 3.35. The van der Waals surface area contributed by atoms with Crippen LogP contribution in [0.3, 0.4) is 0 Å². The van der Waals surface area contributed by atoms with Crippen molar-refractivity contribution in [1.29, 1.82) is 0 Å². The topological polar surface area (TPSA) is 52.0 Å². The minimum atomic E-state index is 0.488. The Morgan fingerprint density at radius 3 is 2.38 bits per heavy atom. The van der Waals surface area contributed by atoms with Crippen molar-refractivity contribution in [2.75, 3.05) is 24.6 Å². The van der Waals surface area contributed by atoms with Gasteiger partial charge in [0.25, 0.3) is 0 Å². The van der Waals surface area contributed by atoms with Crippen molar-refractivity contribution >= 4 is 21.6 Å². The van der Waals surface area contributed by atoms with E-state index >= 15 is 0 Å². The molecule has 0 saturated carbocycles. The number of rotatable bonds is 6. The predicted octanol–water partition coefficient (Wildman–Crippen LogP) is 0.285. The molecule has 50 valence electrons. The molecule has 0 aromatic heterocycles. The molecule has 0 rings (SSSR count). The maximum atomic E-state index is 6.71. The first kappa shape index (κ1) is 5.41.